The number of fused-ring (bicyclic) bond motifs is 1. The Kier molecular flexibility index (Phi) is 10.2. The van der Waals surface area contributed by atoms with Crippen molar-refractivity contribution in [3.05, 3.63) is 24.0 Å². The summed E-state index contributed by atoms with van der Waals surface area (Å²) >= 11 is 0. The summed E-state index contributed by atoms with van der Waals surface area (Å²) in [6.07, 6.45) is 6.51. The number of methoxy groups -OCH3 is 1. The second-order valence-corrected chi connectivity index (χ2v) is 11.3. The lowest BCUT2D eigenvalue weighted by molar-refractivity contribution is -0.125. The molecule has 4 heterocycles. The van der Waals surface area contributed by atoms with Crippen LogP contribution < -0.4 is 20.7 Å². The van der Waals surface area contributed by atoms with Crippen molar-refractivity contribution in [3.63, 3.8) is 0 Å². The van der Waals surface area contributed by atoms with Crippen molar-refractivity contribution in [1.82, 2.24) is 34.9 Å². The highest BCUT2D eigenvalue weighted by Crippen LogP contribution is 2.26. The number of nitrogens with one attached hydrogen (secondary N) is 3. The van der Waals surface area contributed by atoms with Crippen LogP contribution in [0, 0.1) is 11.8 Å². The number of aromatic nitrogens is 5. The number of nitrogens with zero attached hydrogens (tertiary/aromatic N) is 6. The molecule has 0 unspecified atom stereocenters. The molecule has 3 N–H and O–H groups in total. The monoisotopic (exact) mass is 591 g/mol. The molecular weight excluding hydrogens is 550 g/mol. The Balaban J connectivity index is 1.33. The zero-order valence-electron chi connectivity index (χ0n) is 25.8. The maximum Gasteiger partial charge on any atom is 0.410 e. The van der Waals surface area contributed by atoms with Gasteiger partial charge in [0, 0.05) is 33.1 Å². The van der Waals surface area contributed by atoms with Crippen LogP contribution in [0.5, 0.6) is 5.88 Å². The summed E-state index contributed by atoms with van der Waals surface area (Å²) in [4.78, 5) is 40.3. The molecule has 230 valence electrons. The van der Waals surface area contributed by atoms with Gasteiger partial charge in [0.1, 0.15) is 17.5 Å². The molecule has 0 saturated carbocycles. The Labute approximate surface area is 252 Å². The second-order valence-electron chi connectivity index (χ2n) is 11.3. The van der Waals surface area contributed by atoms with Crippen LogP contribution in [0.3, 0.4) is 0 Å². The number of rotatable bonds is 10. The first-order valence-corrected chi connectivity index (χ1v) is 14.6. The molecule has 0 spiro atoms. The number of anilines is 3. The van der Waals surface area contributed by atoms with Gasteiger partial charge >= 0.3 is 6.09 Å². The largest absolute Gasteiger partial charge is 0.479 e. The highest BCUT2D eigenvalue weighted by molar-refractivity contribution is 5.86. The molecule has 3 aromatic rings. The van der Waals surface area contributed by atoms with Gasteiger partial charge < -0.3 is 25.4 Å². The highest BCUT2D eigenvalue weighted by Gasteiger charge is 2.36. The Morgan fingerprint density at radius 2 is 2.00 bits per heavy atom. The maximum absolute atomic E-state index is 12.7. The number of hydrogen-bond acceptors (Lipinski definition) is 10. The lowest BCUT2D eigenvalue weighted by Crippen LogP contribution is -2.47. The molecule has 0 radical (unpaired) electrons. The highest BCUT2D eigenvalue weighted by atomic mass is 16.6. The van der Waals surface area contributed by atoms with E-state index in [-0.39, 0.29) is 5.91 Å². The van der Waals surface area contributed by atoms with Gasteiger partial charge in [-0.25, -0.2) is 19.4 Å². The Morgan fingerprint density at radius 1 is 1.19 bits per heavy atom. The first kappa shape index (κ1) is 31.3. The fourth-order valence-electron chi connectivity index (χ4n) is 4.61. The van der Waals surface area contributed by atoms with Crippen LogP contribution in [0.25, 0.3) is 11.0 Å². The van der Waals surface area contributed by atoms with Crippen molar-refractivity contribution in [2.45, 2.75) is 71.4 Å². The molecule has 1 saturated heterocycles. The standard InChI is InChI=1S/C30H41N9O4/c1-7-14-31-24-20(18-34-28(36-24)35-21-17-22-25(33-19-21)38(5)37-27(22)42-6)12-9-8-10-15-32-26(40)23-13-11-16-39(23)29(41)43-30(2,3)4/h17-19,23H,7-8,10-11,13-16H2,1-6H3,(H,32,40)(H2,31,34,35,36)/t23-/m0/s1. The summed E-state index contributed by atoms with van der Waals surface area (Å²) in [6, 6.07) is 1.40. The molecule has 13 nitrogen and oxygen atoms in total. The van der Waals surface area contributed by atoms with Gasteiger partial charge in [-0.3, -0.25) is 9.69 Å². The van der Waals surface area contributed by atoms with Crippen molar-refractivity contribution in [1.29, 1.82) is 0 Å². The van der Waals surface area contributed by atoms with Crippen molar-refractivity contribution >= 4 is 40.5 Å². The van der Waals surface area contributed by atoms with E-state index in [9.17, 15) is 9.59 Å². The van der Waals surface area contributed by atoms with E-state index < -0.39 is 17.7 Å². The van der Waals surface area contributed by atoms with Crippen LogP contribution in [0.15, 0.2) is 18.5 Å². The third-order valence-electron chi connectivity index (χ3n) is 6.61. The number of carbonyl (C=O) groups is 2. The molecule has 1 aliphatic rings. The summed E-state index contributed by atoms with van der Waals surface area (Å²) < 4.78 is 12.5. The van der Waals surface area contributed by atoms with E-state index in [1.54, 1.807) is 24.2 Å². The number of hydrogen-bond donors (Lipinski definition) is 3. The van der Waals surface area contributed by atoms with Gasteiger partial charge in [0.05, 0.1) is 36.1 Å². The van der Waals surface area contributed by atoms with Crippen molar-refractivity contribution in [2.75, 3.05) is 37.4 Å². The van der Waals surface area contributed by atoms with E-state index in [0.717, 1.165) is 24.8 Å². The fraction of sp³-hybridized carbons (Fsp3) is 0.533. The summed E-state index contributed by atoms with van der Waals surface area (Å²) in [7, 11) is 3.39. The van der Waals surface area contributed by atoms with Gasteiger partial charge in [0.15, 0.2) is 5.65 Å². The van der Waals surface area contributed by atoms with Crippen LogP contribution in [-0.2, 0) is 16.6 Å². The van der Waals surface area contributed by atoms with Crippen molar-refractivity contribution < 1.29 is 19.1 Å². The smallest absolute Gasteiger partial charge is 0.410 e. The Hall–Kier alpha value is -4.60. The fourth-order valence-corrected chi connectivity index (χ4v) is 4.61. The third-order valence-corrected chi connectivity index (χ3v) is 6.61. The predicted octanol–water partition coefficient (Wildman–Crippen LogP) is 3.98. The topological polar surface area (TPSA) is 148 Å². The van der Waals surface area contributed by atoms with Gasteiger partial charge in [0.25, 0.3) is 0 Å². The van der Waals surface area contributed by atoms with Crippen LogP contribution >= 0.6 is 0 Å². The first-order chi connectivity index (χ1) is 20.6. The van der Waals surface area contributed by atoms with E-state index in [2.05, 4.69) is 54.8 Å². The number of pyridine rings is 1. The van der Waals surface area contributed by atoms with Gasteiger partial charge in [-0.1, -0.05) is 18.8 Å². The second kappa shape index (κ2) is 14.0. The Bertz CT molecular complexity index is 1500. The molecule has 4 rings (SSSR count). The third kappa shape index (κ3) is 8.24. The van der Waals surface area contributed by atoms with Crippen molar-refractivity contribution in [3.8, 4) is 17.7 Å². The molecule has 0 aliphatic carbocycles. The van der Waals surface area contributed by atoms with Gasteiger partial charge in [-0.15, -0.1) is 5.10 Å². The minimum atomic E-state index is -0.603. The first-order valence-electron chi connectivity index (χ1n) is 14.6. The lowest BCUT2D eigenvalue weighted by Gasteiger charge is -2.28. The molecule has 43 heavy (non-hydrogen) atoms. The average Bonchev–Trinajstić information content (AvgIpc) is 3.58. The SMILES string of the molecule is CCCNc1nc(Nc2cnc3c(c2)c(OC)nn3C)ncc1C#CCCCNC(=O)[C@@H]1CCCN1C(=O)OC(C)(C)C. The minimum absolute atomic E-state index is 0.157. The summed E-state index contributed by atoms with van der Waals surface area (Å²) in [5.41, 5.74) is 1.49. The number of aryl methyl sites for hydroxylation is 1. The average molecular weight is 592 g/mol. The number of ether oxygens (including phenoxy) is 2. The van der Waals surface area contributed by atoms with Crippen molar-refractivity contribution in [2.24, 2.45) is 7.05 Å². The quantitative estimate of drug-likeness (QED) is 0.234. The summed E-state index contributed by atoms with van der Waals surface area (Å²) in [5.74, 6) is 7.69. The Morgan fingerprint density at radius 3 is 2.74 bits per heavy atom. The van der Waals surface area contributed by atoms with Crippen LogP contribution in [0.2, 0.25) is 0 Å². The molecule has 0 bridgehead atoms. The van der Waals surface area contributed by atoms with E-state index in [1.807, 2.05) is 33.9 Å². The molecule has 0 aromatic carbocycles. The summed E-state index contributed by atoms with van der Waals surface area (Å²) in [6.45, 7) is 9.25. The molecule has 1 fully saturated rings. The maximum atomic E-state index is 12.7. The molecule has 2 amide bonds. The van der Waals surface area contributed by atoms with Gasteiger partial charge in [0.2, 0.25) is 17.7 Å². The van der Waals surface area contributed by atoms with E-state index in [4.69, 9.17) is 9.47 Å². The predicted molar refractivity (Wildman–Crippen MR) is 164 cm³/mol. The molecule has 1 aliphatic heterocycles. The zero-order valence-corrected chi connectivity index (χ0v) is 25.8. The van der Waals surface area contributed by atoms with Crippen LogP contribution in [0.4, 0.5) is 22.2 Å². The lowest BCUT2D eigenvalue weighted by atomic mass is 10.2. The number of carbonyl (C=O) groups excluding carboxylic acids is 2. The molecular formula is C30H41N9O4. The van der Waals surface area contributed by atoms with Gasteiger partial charge in [-0.2, -0.15) is 4.98 Å². The van der Waals surface area contributed by atoms with Gasteiger partial charge in [-0.05, 0) is 52.5 Å². The molecule has 1 atom stereocenters. The number of unbranched alkanes of at least 4 members (excludes halogenated alkanes) is 1. The normalized spacial score (nSPS) is 14.7. The van der Waals surface area contributed by atoms with E-state index in [0.29, 0.717) is 66.9 Å². The zero-order chi connectivity index (χ0) is 31.0. The molecule has 3 aromatic heterocycles. The van der Waals surface area contributed by atoms with Crippen LogP contribution in [0.1, 0.15) is 65.4 Å². The molecule has 13 heteroatoms. The summed E-state index contributed by atoms with van der Waals surface area (Å²) in [5, 5.41) is 14.6. The number of amides is 2. The minimum Gasteiger partial charge on any atom is -0.479 e. The van der Waals surface area contributed by atoms with E-state index in [1.165, 1.54) is 4.90 Å². The van der Waals surface area contributed by atoms with E-state index >= 15 is 0 Å². The van der Waals surface area contributed by atoms with Crippen LogP contribution in [-0.4, -0.2) is 80.0 Å². The number of likely N-dealkylation sites (tertiary alicyclic amines) is 1.